The summed E-state index contributed by atoms with van der Waals surface area (Å²) in [5.41, 5.74) is 0.845. The maximum absolute atomic E-state index is 4.25. The molecule has 0 aromatic rings. The highest BCUT2D eigenvalue weighted by molar-refractivity contribution is 5.91. The van der Waals surface area contributed by atoms with Crippen LogP contribution in [0.3, 0.4) is 0 Å². The molecule has 0 aliphatic carbocycles. The molecule has 1 aliphatic rings. The number of aliphatic imine (C=N–C) groups is 2. The van der Waals surface area contributed by atoms with Gasteiger partial charge in [0, 0.05) is 17.3 Å². The highest BCUT2D eigenvalue weighted by Crippen LogP contribution is 2.21. The molecule has 1 rings (SSSR count). The monoisotopic (exact) mass is 162 g/mol. The fraction of sp³-hybridized carbons (Fsp3) is 0.400. The van der Waals surface area contributed by atoms with E-state index in [9.17, 15) is 0 Å². The van der Waals surface area contributed by atoms with Crippen molar-refractivity contribution in [3.05, 3.63) is 24.4 Å². The lowest BCUT2D eigenvalue weighted by Crippen LogP contribution is -2.10. The second-order valence-corrected chi connectivity index (χ2v) is 3.27. The molecule has 2 nitrogen and oxygen atoms in total. The highest BCUT2D eigenvalue weighted by atomic mass is 14.9. The van der Waals surface area contributed by atoms with E-state index in [2.05, 4.69) is 29.6 Å². The summed E-state index contributed by atoms with van der Waals surface area (Å²) >= 11 is 0. The van der Waals surface area contributed by atoms with Crippen LogP contribution in [0.5, 0.6) is 0 Å². The van der Waals surface area contributed by atoms with Gasteiger partial charge in [0.25, 0.3) is 0 Å². The third-order valence-electron chi connectivity index (χ3n) is 1.83. The fourth-order valence-electron chi connectivity index (χ4n) is 1.15. The minimum absolute atomic E-state index is 0.147. The Kier molecular flexibility index (Phi) is 2.27. The molecule has 0 aromatic heterocycles. The van der Waals surface area contributed by atoms with Gasteiger partial charge in [-0.05, 0) is 26.8 Å². The van der Waals surface area contributed by atoms with Crippen molar-refractivity contribution in [3.8, 4) is 0 Å². The van der Waals surface area contributed by atoms with Crippen LogP contribution in [0.1, 0.15) is 20.8 Å². The maximum Gasteiger partial charge on any atom is 0.125 e. The van der Waals surface area contributed by atoms with E-state index in [1.54, 1.807) is 0 Å². The first-order valence-corrected chi connectivity index (χ1v) is 3.99. The van der Waals surface area contributed by atoms with Gasteiger partial charge in [0.2, 0.25) is 0 Å². The predicted octanol–water partition coefficient (Wildman–Crippen LogP) is 2.59. The molecular formula is C10H14N2. The Morgan fingerprint density at radius 2 is 2.17 bits per heavy atom. The molecule has 1 unspecified atom stereocenters. The smallest absolute Gasteiger partial charge is 0.125 e. The lowest BCUT2D eigenvalue weighted by atomic mass is 9.91. The van der Waals surface area contributed by atoms with E-state index in [4.69, 9.17) is 0 Å². The molecule has 0 saturated heterocycles. The lowest BCUT2D eigenvalue weighted by Gasteiger charge is -2.13. The number of hydrogen-bond donors (Lipinski definition) is 0. The molecular weight excluding hydrogens is 148 g/mol. The van der Waals surface area contributed by atoms with E-state index in [1.807, 2.05) is 26.1 Å². The molecule has 2 heteroatoms. The van der Waals surface area contributed by atoms with Crippen LogP contribution < -0.4 is 0 Å². The summed E-state index contributed by atoms with van der Waals surface area (Å²) in [4.78, 5) is 8.45. The van der Waals surface area contributed by atoms with Crippen LogP contribution in [-0.4, -0.2) is 12.1 Å². The van der Waals surface area contributed by atoms with Crippen molar-refractivity contribution in [2.75, 3.05) is 0 Å². The van der Waals surface area contributed by atoms with E-state index >= 15 is 0 Å². The maximum atomic E-state index is 4.25. The normalized spacial score (nSPS) is 28.9. The van der Waals surface area contributed by atoms with E-state index in [-0.39, 0.29) is 5.41 Å². The van der Waals surface area contributed by atoms with Crippen molar-refractivity contribution in [1.29, 1.82) is 0 Å². The summed E-state index contributed by atoms with van der Waals surface area (Å²) in [6.45, 7) is 9.69. The molecule has 0 aromatic carbocycles. The second-order valence-electron chi connectivity index (χ2n) is 3.27. The Labute approximate surface area is 73.4 Å². The van der Waals surface area contributed by atoms with Gasteiger partial charge in [-0.2, -0.15) is 0 Å². The second kappa shape index (κ2) is 3.05. The summed E-state index contributed by atoms with van der Waals surface area (Å²) < 4.78 is 0. The minimum atomic E-state index is -0.147. The Morgan fingerprint density at radius 1 is 1.50 bits per heavy atom. The molecule has 12 heavy (non-hydrogen) atoms. The average molecular weight is 162 g/mol. The van der Waals surface area contributed by atoms with Crippen molar-refractivity contribution >= 4 is 12.1 Å². The van der Waals surface area contributed by atoms with Gasteiger partial charge >= 0.3 is 0 Å². The molecule has 0 spiro atoms. The van der Waals surface area contributed by atoms with Crippen molar-refractivity contribution in [1.82, 2.24) is 0 Å². The Balaban J connectivity index is 3.09. The number of allylic oxidation sites excluding steroid dienone is 3. The summed E-state index contributed by atoms with van der Waals surface area (Å²) in [7, 11) is 0. The third-order valence-corrected chi connectivity index (χ3v) is 1.83. The zero-order valence-corrected chi connectivity index (χ0v) is 7.83. The molecule has 0 saturated carbocycles. The topological polar surface area (TPSA) is 24.7 Å². The van der Waals surface area contributed by atoms with E-state index in [1.165, 1.54) is 0 Å². The lowest BCUT2D eigenvalue weighted by molar-refractivity contribution is 0.787. The van der Waals surface area contributed by atoms with Crippen LogP contribution in [0, 0.1) is 5.41 Å². The van der Waals surface area contributed by atoms with Gasteiger partial charge in [0.1, 0.15) is 5.84 Å². The number of nitrogens with zero attached hydrogens (tertiary/aromatic N) is 2. The quantitative estimate of drug-likeness (QED) is 0.529. The van der Waals surface area contributed by atoms with Crippen LogP contribution in [-0.2, 0) is 0 Å². The van der Waals surface area contributed by atoms with Crippen molar-refractivity contribution < 1.29 is 0 Å². The number of rotatable bonds is 1. The van der Waals surface area contributed by atoms with Crippen LogP contribution >= 0.6 is 0 Å². The van der Waals surface area contributed by atoms with Crippen LogP contribution in [0.25, 0.3) is 0 Å². The molecule has 0 fully saturated rings. The number of hydrogen-bond acceptors (Lipinski definition) is 2. The highest BCUT2D eigenvalue weighted by Gasteiger charge is 2.16. The van der Waals surface area contributed by atoms with Crippen molar-refractivity contribution in [2.24, 2.45) is 15.4 Å². The van der Waals surface area contributed by atoms with Gasteiger partial charge in [-0.1, -0.05) is 6.08 Å². The standard InChI is InChI=1S/C10H14N2/c1-5-10(4)6-8(2)12-9(3)11-7-10/h5-7H,1H2,2-4H3. The first-order chi connectivity index (χ1) is 5.56. The van der Waals surface area contributed by atoms with Crippen LogP contribution in [0.4, 0.5) is 0 Å². The van der Waals surface area contributed by atoms with Gasteiger partial charge in [-0.15, -0.1) is 6.58 Å². The van der Waals surface area contributed by atoms with Gasteiger partial charge in [-0.25, -0.2) is 9.98 Å². The Hall–Kier alpha value is -1.18. The molecule has 0 radical (unpaired) electrons. The fourth-order valence-corrected chi connectivity index (χ4v) is 1.15. The third kappa shape index (κ3) is 1.91. The molecule has 64 valence electrons. The van der Waals surface area contributed by atoms with Crippen LogP contribution in [0.2, 0.25) is 0 Å². The zero-order valence-electron chi connectivity index (χ0n) is 7.83. The largest absolute Gasteiger partial charge is 0.245 e. The average Bonchev–Trinajstić information content (AvgIpc) is 2.11. The van der Waals surface area contributed by atoms with Crippen molar-refractivity contribution in [2.45, 2.75) is 20.8 Å². The minimum Gasteiger partial charge on any atom is -0.245 e. The Morgan fingerprint density at radius 3 is 2.75 bits per heavy atom. The summed E-state index contributed by atoms with van der Waals surface area (Å²) in [5.74, 6) is 0.800. The van der Waals surface area contributed by atoms with Crippen LogP contribution in [0.15, 0.2) is 34.4 Å². The summed E-state index contributed by atoms with van der Waals surface area (Å²) in [6.07, 6.45) is 5.80. The molecule has 0 amide bonds. The Bertz CT molecular complexity index is 284. The summed E-state index contributed by atoms with van der Waals surface area (Å²) in [5, 5.41) is 0. The van der Waals surface area contributed by atoms with Crippen molar-refractivity contribution in [3.63, 3.8) is 0 Å². The molecule has 0 bridgehead atoms. The van der Waals surface area contributed by atoms with E-state index < -0.39 is 0 Å². The first kappa shape index (κ1) is 8.91. The first-order valence-electron chi connectivity index (χ1n) is 3.99. The molecule has 1 aliphatic heterocycles. The van der Waals surface area contributed by atoms with Gasteiger partial charge in [0.15, 0.2) is 0 Å². The SMILES string of the molecule is C=CC1(C)C=NC(C)=NC(C)=C1. The van der Waals surface area contributed by atoms with Gasteiger partial charge < -0.3 is 0 Å². The predicted molar refractivity (Wildman–Crippen MR) is 53.7 cm³/mol. The number of amidine groups is 1. The van der Waals surface area contributed by atoms with Gasteiger partial charge in [0.05, 0.1) is 0 Å². The zero-order chi connectivity index (χ0) is 9.19. The van der Waals surface area contributed by atoms with E-state index in [0.29, 0.717) is 0 Å². The molecule has 1 atom stereocenters. The van der Waals surface area contributed by atoms with E-state index in [0.717, 1.165) is 11.5 Å². The molecule has 0 N–H and O–H groups in total. The molecule has 1 heterocycles. The van der Waals surface area contributed by atoms with Gasteiger partial charge in [-0.3, -0.25) is 0 Å². The summed E-state index contributed by atoms with van der Waals surface area (Å²) in [6, 6.07) is 0.